The number of pyridine rings is 1. The van der Waals surface area contributed by atoms with Crippen LogP contribution in [0.1, 0.15) is 23.1 Å². The molecule has 3 N–H and O–H groups in total. The summed E-state index contributed by atoms with van der Waals surface area (Å²) in [6.45, 7) is -0.437. The Morgan fingerprint density at radius 1 is 1.19 bits per heavy atom. The van der Waals surface area contributed by atoms with Crippen LogP contribution in [-0.2, 0) is 19.3 Å². The summed E-state index contributed by atoms with van der Waals surface area (Å²) in [6, 6.07) is 7.20. The van der Waals surface area contributed by atoms with Gasteiger partial charge in [0.1, 0.15) is 6.10 Å². The number of rotatable bonds is 5. The van der Waals surface area contributed by atoms with Gasteiger partial charge in [0.25, 0.3) is 5.56 Å². The van der Waals surface area contributed by atoms with Crippen LogP contribution in [0.15, 0.2) is 41.3 Å². The second-order valence-electron chi connectivity index (χ2n) is 6.74. The van der Waals surface area contributed by atoms with Gasteiger partial charge in [-0.05, 0) is 29.0 Å². The van der Waals surface area contributed by atoms with E-state index >= 15 is 0 Å². The van der Waals surface area contributed by atoms with E-state index in [-0.39, 0.29) is 24.9 Å². The largest absolute Gasteiger partial charge is 0.417 e. The van der Waals surface area contributed by atoms with Crippen LogP contribution >= 0.6 is 11.6 Å². The predicted molar refractivity (Wildman–Crippen MR) is 107 cm³/mol. The molecule has 0 fully saturated rings. The molecule has 4 rings (SSSR count). The van der Waals surface area contributed by atoms with E-state index in [2.05, 4.69) is 25.4 Å². The molecule has 0 aliphatic carbocycles. The smallest absolute Gasteiger partial charge is 0.386 e. The van der Waals surface area contributed by atoms with Crippen molar-refractivity contribution in [1.29, 1.82) is 0 Å². The number of benzene rings is 1. The number of alkyl halides is 3. The van der Waals surface area contributed by atoms with E-state index in [1.165, 1.54) is 0 Å². The van der Waals surface area contributed by atoms with E-state index in [0.29, 0.717) is 16.7 Å². The summed E-state index contributed by atoms with van der Waals surface area (Å²) in [5.41, 5.74) is 3.71. The van der Waals surface area contributed by atoms with Crippen molar-refractivity contribution < 1.29 is 18.3 Å². The third kappa shape index (κ3) is 4.24. The number of aliphatic hydroxyl groups excluding tert-OH is 1. The van der Waals surface area contributed by atoms with Crippen molar-refractivity contribution >= 4 is 28.6 Å². The maximum absolute atomic E-state index is 13.3. The number of aromatic nitrogens is 7. The normalized spacial score (nSPS) is 12.9. The number of anilines is 1. The number of tetrazole rings is 1. The number of aliphatic hydroxyl groups is 1. The lowest BCUT2D eigenvalue weighted by atomic mass is 10.1. The minimum atomic E-state index is -4.78. The van der Waals surface area contributed by atoms with Crippen LogP contribution < -0.4 is 11.3 Å². The molecular formula is C18H14ClF3N8O2. The molecule has 14 heteroatoms. The van der Waals surface area contributed by atoms with Gasteiger partial charge in [0.2, 0.25) is 5.95 Å². The number of nitrogen functional groups attached to an aromatic ring is 1. The lowest BCUT2D eigenvalue weighted by Gasteiger charge is -2.12. The lowest BCUT2D eigenvalue weighted by Crippen LogP contribution is -2.28. The van der Waals surface area contributed by atoms with Crippen molar-refractivity contribution in [2.45, 2.75) is 25.4 Å². The zero-order chi connectivity index (χ0) is 23.0. The molecule has 0 radical (unpaired) electrons. The standard InChI is InChI=1S/C18H14ClF3N8O2/c19-10-3-1-9(2-4-10)12(31)7-30-27-13(26-28-30)8-29-16(32)14-11(18(20,21)22)5-6-24-15(14)25-17(29)23/h1-6,12,31H,7-8H2,(H2,23,24,25). The van der Waals surface area contributed by atoms with E-state index in [4.69, 9.17) is 17.3 Å². The maximum atomic E-state index is 13.3. The summed E-state index contributed by atoms with van der Waals surface area (Å²) < 4.78 is 40.8. The number of hydrogen-bond acceptors (Lipinski definition) is 8. The fourth-order valence-corrected chi connectivity index (χ4v) is 3.17. The van der Waals surface area contributed by atoms with Gasteiger partial charge < -0.3 is 10.8 Å². The van der Waals surface area contributed by atoms with E-state index < -0.39 is 34.4 Å². The van der Waals surface area contributed by atoms with Crippen LogP contribution in [0.3, 0.4) is 0 Å². The van der Waals surface area contributed by atoms with Crippen molar-refractivity contribution in [3.63, 3.8) is 0 Å². The molecule has 0 aliphatic heterocycles. The molecule has 4 aromatic rings. The van der Waals surface area contributed by atoms with E-state index in [0.717, 1.165) is 15.6 Å². The first-order valence-electron chi connectivity index (χ1n) is 9.06. The van der Waals surface area contributed by atoms with E-state index in [1.54, 1.807) is 24.3 Å². The first-order valence-corrected chi connectivity index (χ1v) is 9.43. The highest BCUT2D eigenvalue weighted by Gasteiger charge is 2.34. The van der Waals surface area contributed by atoms with Crippen molar-refractivity contribution in [2.24, 2.45) is 0 Å². The van der Waals surface area contributed by atoms with Crippen molar-refractivity contribution in [2.75, 3.05) is 5.73 Å². The number of hydrogen-bond donors (Lipinski definition) is 2. The molecule has 0 spiro atoms. The van der Waals surface area contributed by atoms with E-state index in [9.17, 15) is 23.1 Å². The first-order chi connectivity index (χ1) is 15.1. The molecule has 3 aromatic heterocycles. The molecule has 1 atom stereocenters. The SMILES string of the molecule is Nc1nc2nccc(C(F)(F)F)c2c(=O)n1Cc1nnn(CC(O)c2ccc(Cl)cc2)n1. The average Bonchev–Trinajstić information content (AvgIpc) is 3.17. The second-order valence-corrected chi connectivity index (χ2v) is 7.18. The Kier molecular flexibility index (Phi) is 5.52. The molecule has 0 saturated carbocycles. The van der Waals surface area contributed by atoms with Crippen LogP contribution in [0.5, 0.6) is 0 Å². The van der Waals surface area contributed by atoms with Crippen LogP contribution in [0.2, 0.25) is 5.02 Å². The Hall–Kier alpha value is -3.58. The highest BCUT2D eigenvalue weighted by molar-refractivity contribution is 6.30. The Labute approximate surface area is 182 Å². The van der Waals surface area contributed by atoms with Gasteiger partial charge in [-0.2, -0.15) is 23.0 Å². The molecule has 32 heavy (non-hydrogen) atoms. The average molecular weight is 467 g/mol. The Bertz CT molecular complexity index is 1340. The molecule has 0 saturated heterocycles. The third-order valence-corrected chi connectivity index (χ3v) is 4.83. The van der Waals surface area contributed by atoms with Gasteiger partial charge >= 0.3 is 6.18 Å². The van der Waals surface area contributed by atoms with Gasteiger partial charge in [-0.25, -0.2) is 4.98 Å². The minimum absolute atomic E-state index is 0.0132. The summed E-state index contributed by atoms with van der Waals surface area (Å²) in [7, 11) is 0. The van der Waals surface area contributed by atoms with Gasteiger partial charge in [0, 0.05) is 11.2 Å². The summed E-state index contributed by atoms with van der Waals surface area (Å²) in [6.07, 6.45) is -4.85. The maximum Gasteiger partial charge on any atom is 0.417 e. The molecule has 1 aromatic carbocycles. The van der Waals surface area contributed by atoms with Crippen LogP contribution in [0, 0.1) is 0 Å². The fraction of sp³-hybridized carbons (Fsp3) is 0.222. The fourth-order valence-electron chi connectivity index (χ4n) is 3.05. The Balaban J connectivity index is 1.62. The molecular weight excluding hydrogens is 453 g/mol. The molecule has 0 bridgehead atoms. The van der Waals surface area contributed by atoms with Gasteiger partial charge in [-0.3, -0.25) is 9.36 Å². The Morgan fingerprint density at radius 2 is 1.91 bits per heavy atom. The van der Waals surface area contributed by atoms with Gasteiger partial charge in [-0.15, -0.1) is 10.2 Å². The molecule has 166 valence electrons. The third-order valence-electron chi connectivity index (χ3n) is 4.58. The number of fused-ring (bicyclic) bond motifs is 1. The molecule has 1 unspecified atom stereocenters. The zero-order valence-electron chi connectivity index (χ0n) is 16.0. The van der Waals surface area contributed by atoms with Crippen LogP contribution in [-0.4, -0.2) is 39.8 Å². The van der Waals surface area contributed by atoms with Crippen molar-refractivity contribution in [1.82, 2.24) is 34.7 Å². The Morgan fingerprint density at radius 3 is 2.59 bits per heavy atom. The van der Waals surface area contributed by atoms with E-state index in [1.807, 2.05) is 0 Å². The zero-order valence-corrected chi connectivity index (χ0v) is 16.8. The number of nitrogens with zero attached hydrogens (tertiary/aromatic N) is 7. The predicted octanol–water partition coefficient (Wildman–Crippen LogP) is 1.81. The summed E-state index contributed by atoms with van der Waals surface area (Å²) in [5, 5.41) is 21.7. The molecule has 3 heterocycles. The highest BCUT2D eigenvalue weighted by Crippen LogP contribution is 2.32. The minimum Gasteiger partial charge on any atom is -0.386 e. The molecule has 0 aliphatic rings. The number of nitrogens with two attached hydrogens (primary N) is 1. The van der Waals surface area contributed by atoms with Gasteiger partial charge in [-0.1, -0.05) is 23.7 Å². The second kappa shape index (κ2) is 8.16. The summed E-state index contributed by atoms with van der Waals surface area (Å²) in [4.78, 5) is 21.4. The molecule has 0 amide bonds. The van der Waals surface area contributed by atoms with Crippen LogP contribution in [0.4, 0.5) is 19.1 Å². The number of halogens is 4. The topological polar surface area (TPSA) is 138 Å². The highest BCUT2D eigenvalue weighted by atomic mass is 35.5. The monoisotopic (exact) mass is 466 g/mol. The molecule has 10 nitrogen and oxygen atoms in total. The summed E-state index contributed by atoms with van der Waals surface area (Å²) >= 11 is 5.82. The first kappa shape index (κ1) is 21.6. The lowest BCUT2D eigenvalue weighted by molar-refractivity contribution is -0.136. The quantitative estimate of drug-likeness (QED) is 0.454. The van der Waals surface area contributed by atoms with Gasteiger partial charge in [0.05, 0.1) is 24.0 Å². The van der Waals surface area contributed by atoms with Crippen molar-refractivity contribution in [3.8, 4) is 0 Å². The van der Waals surface area contributed by atoms with Crippen LogP contribution in [0.25, 0.3) is 11.0 Å². The van der Waals surface area contributed by atoms with Gasteiger partial charge in [0.15, 0.2) is 11.5 Å². The van der Waals surface area contributed by atoms with Crippen molar-refractivity contribution in [3.05, 3.63) is 68.9 Å². The summed E-state index contributed by atoms with van der Waals surface area (Å²) in [5.74, 6) is -0.368.